The number of thiazole rings is 1. The Morgan fingerprint density at radius 2 is 2.00 bits per heavy atom. The minimum Gasteiger partial charge on any atom is -0.350 e. The molecule has 2 aromatic rings. The van der Waals surface area contributed by atoms with Crippen LogP contribution in [0.4, 0.5) is 0 Å². The van der Waals surface area contributed by atoms with Gasteiger partial charge >= 0.3 is 0 Å². The maximum atomic E-state index is 12.9. The van der Waals surface area contributed by atoms with Crippen LogP contribution in [0.15, 0.2) is 34.5 Å². The van der Waals surface area contributed by atoms with Gasteiger partial charge in [0, 0.05) is 30.3 Å². The molecule has 0 spiro atoms. The highest BCUT2D eigenvalue weighted by Gasteiger charge is 2.31. The van der Waals surface area contributed by atoms with E-state index in [4.69, 9.17) is 0 Å². The third-order valence-corrected chi connectivity index (χ3v) is 8.34. The SMILES string of the molecule is Cc1cccc(S(=O)(=O)N2CCC(c3nc(CNC(=O)C4CC4)cs3)CC2)c1. The predicted octanol–water partition coefficient (Wildman–Crippen LogP) is 3.05. The predicted molar refractivity (Wildman–Crippen MR) is 109 cm³/mol. The number of aryl methyl sites for hydroxylation is 1. The number of sulfonamides is 1. The van der Waals surface area contributed by atoms with Gasteiger partial charge in [-0.3, -0.25) is 4.79 Å². The van der Waals surface area contributed by atoms with Crippen molar-refractivity contribution in [2.24, 2.45) is 5.92 Å². The van der Waals surface area contributed by atoms with Crippen LogP contribution in [0.1, 0.15) is 47.9 Å². The van der Waals surface area contributed by atoms with Gasteiger partial charge in [-0.15, -0.1) is 11.3 Å². The number of carbonyl (C=O) groups is 1. The van der Waals surface area contributed by atoms with Gasteiger partial charge < -0.3 is 5.32 Å². The third-order valence-electron chi connectivity index (χ3n) is 5.39. The first-order chi connectivity index (χ1) is 13.4. The molecule has 1 amide bonds. The second-order valence-electron chi connectivity index (χ2n) is 7.66. The van der Waals surface area contributed by atoms with Crippen molar-refractivity contribution in [3.8, 4) is 0 Å². The van der Waals surface area contributed by atoms with Gasteiger partial charge in [-0.05, 0) is 50.3 Å². The Kier molecular flexibility index (Phi) is 5.53. The Bertz CT molecular complexity index is 959. The van der Waals surface area contributed by atoms with Crippen molar-refractivity contribution in [3.63, 3.8) is 0 Å². The maximum absolute atomic E-state index is 12.9. The molecule has 2 heterocycles. The van der Waals surface area contributed by atoms with Crippen LogP contribution >= 0.6 is 11.3 Å². The summed E-state index contributed by atoms with van der Waals surface area (Å²) in [7, 11) is -3.44. The second kappa shape index (κ2) is 7.93. The fourth-order valence-electron chi connectivity index (χ4n) is 3.53. The number of nitrogens with zero attached hydrogens (tertiary/aromatic N) is 2. The molecular weight excluding hydrogens is 394 g/mol. The highest BCUT2D eigenvalue weighted by molar-refractivity contribution is 7.89. The zero-order chi connectivity index (χ0) is 19.7. The van der Waals surface area contributed by atoms with Crippen LogP contribution in [0.3, 0.4) is 0 Å². The van der Waals surface area contributed by atoms with Crippen LogP contribution in [0.25, 0.3) is 0 Å². The molecule has 0 atom stereocenters. The van der Waals surface area contributed by atoms with Gasteiger partial charge in [0.2, 0.25) is 15.9 Å². The Morgan fingerprint density at radius 1 is 1.25 bits per heavy atom. The largest absolute Gasteiger partial charge is 0.350 e. The molecule has 2 aliphatic rings. The summed E-state index contributed by atoms with van der Waals surface area (Å²) < 4.78 is 27.3. The van der Waals surface area contributed by atoms with E-state index in [0.717, 1.165) is 41.9 Å². The summed E-state index contributed by atoms with van der Waals surface area (Å²) >= 11 is 1.61. The summed E-state index contributed by atoms with van der Waals surface area (Å²) in [5.41, 5.74) is 1.84. The van der Waals surface area contributed by atoms with Crippen LogP contribution in [0.2, 0.25) is 0 Å². The van der Waals surface area contributed by atoms with E-state index in [2.05, 4.69) is 10.3 Å². The standard InChI is InChI=1S/C20H25N3O3S2/c1-14-3-2-4-18(11-14)28(25,26)23-9-7-16(8-10-23)20-22-17(13-27-20)12-21-19(24)15-5-6-15/h2-4,11,13,15-16H,5-10,12H2,1H3,(H,21,24). The smallest absolute Gasteiger partial charge is 0.243 e. The van der Waals surface area contributed by atoms with Crippen molar-refractivity contribution in [3.05, 3.63) is 45.9 Å². The van der Waals surface area contributed by atoms with Crippen LogP contribution in [0, 0.1) is 12.8 Å². The molecule has 2 fully saturated rings. The van der Waals surface area contributed by atoms with E-state index >= 15 is 0 Å². The van der Waals surface area contributed by atoms with Gasteiger partial charge in [0.1, 0.15) is 0 Å². The lowest BCUT2D eigenvalue weighted by Gasteiger charge is -2.30. The Balaban J connectivity index is 1.34. The monoisotopic (exact) mass is 419 g/mol. The second-order valence-corrected chi connectivity index (χ2v) is 10.5. The summed E-state index contributed by atoms with van der Waals surface area (Å²) in [6.07, 6.45) is 3.54. The number of piperidine rings is 1. The van der Waals surface area contributed by atoms with Gasteiger partial charge in [-0.1, -0.05) is 12.1 Å². The molecule has 1 aliphatic heterocycles. The highest BCUT2D eigenvalue weighted by Crippen LogP contribution is 2.33. The van der Waals surface area contributed by atoms with Crippen molar-refractivity contribution in [1.29, 1.82) is 0 Å². The van der Waals surface area contributed by atoms with Crippen molar-refractivity contribution >= 4 is 27.3 Å². The zero-order valence-corrected chi connectivity index (χ0v) is 17.6. The summed E-state index contributed by atoms with van der Waals surface area (Å²) in [6.45, 7) is 3.40. The fourth-order valence-corrected chi connectivity index (χ4v) is 6.09. The molecule has 4 rings (SSSR count). The number of aromatic nitrogens is 1. The number of hydrogen-bond donors (Lipinski definition) is 1. The zero-order valence-electron chi connectivity index (χ0n) is 15.9. The normalized spacial score (nSPS) is 18.9. The Labute approximate surface area is 170 Å². The van der Waals surface area contributed by atoms with Gasteiger partial charge in [-0.25, -0.2) is 13.4 Å². The van der Waals surface area contributed by atoms with Gasteiger partial charge in [0.15, 0.2) is 0 Å². The number of rotatable bonds is 6. The lowest BCUT2D eigenvalue weighted by molar-refractivity contribution is -0.122. The molecule has 28 heavy (non-hydrogen) atoms. The van der Waals surface area contributed by atoms with Gasteiger partial charge in [-0.2, -0.15) is 4.31 Å². The molecule has 8 heteroatoms. The third kappa shape index (κ3) is 4.29. The molecule has 6 nitrogen and oxygen atoms in total. The molecule has 0 radical (unpaired) electrons. The quantitative estimate of drug-likeness (QED) is 0.780. The van der Waals surface area contributed by atoms with E-state index in [1.807, 2.05) is 18.4 Å². The molecule has 1 N–H and O–H groups in total. The number of hydrogen-bond acceptors (Lipinski definition) is 5. The van der Waals surface area contributed by atoms with Crippen molar-refractivity contribution in [2.75, 3.05) is 13.1 Å². The number of carbonyl (C=O) groups excluding carboxylic acids is 1. The lowest BCUT2D eigenvalue weighted by atomic mass is 9.99. The molecule has 1 aromatic heterocycles. The van der Waals surface area contributed by atoms with E-state index in [1.54, 1.807) is 33.8 Å². The van der Waals surface area contributed by atoms with Crippen LogP contribution in [-0.2, 0) is 21.4 Å². The van der Waals surface area contributed by atoms with Gasteiger partial charge in [0.05, 0.1) is 22.1 Å². The van der Waals surface area contributed by atoms with Crippen molar-refractivity contribution < 1.29 is 13.2 Å². The minimum atomic E-state index is -3.44. The summed E-state index contributed by atoms with van der Waals surface area (Å²) in [5.74, 6) is 0.615. The summed E-state index contributed by atoms with van der Waals surface area (Å²) in [4.78, 5) is 16.8. The Morgan fingerprint density at radius 3 is 2.68 bits per heavy atom. The average Bonchev–Trinajstić information content (AvgIpc) is 3.44. The first-order valence-electron chi connectivity index (χ1n) is 9.72. The number of amides is 1. The number of nitrogens with one attached hydrogen (secondary N) is 1. The van der Waals surface area contributed by atoms with Crippen molar-refractivity contribution in [2.45, 2.75) is 50.0 Å². The summed E-state index contributed by atoms with van der Waals surface area (Å²) in [5, 5.41) is 5.99. The Hall–Kier alpha value is -1.77. The molecule has 150 valence electrons. The van der Waals surface area contributed by atoms with E-state index in [-0.39, 0.29) is 17.7 Å². The van der Waals surface area contributed by atoms with Gasteiger partial charge in [0.25, 0.3) is 0 Å². The molecule has 1 saturated carbocycles. The molecule has 1 saturated heterocycles. The van der Waals surface area contributed by atoms with Crippen molar-refractivity contribution in [1.82, 2.24) is 14.6 Å². The maximum Gasteiger partial charge on any atom is 0.243 e. The fraction of sp³-hybridized carbons (Fsp3) is 0.500. The minimum absolute atomic E-state index is 0.129. The summed E-state index contributed by atoms with van der Waals surface area (Å²) in [6, 6.07) is 7.08. The highest BCUT2D eigenvalue weighted by atomic mass is 32.2. The molecule has 0 bridgehead atoms. The van der Waals surface area contributed by atoms with E-state index in [9.17, 15) is 13.2 Å². The number of benzene rings is 1. The van der Waals surface area contributed by atoms with E-state index in [1.165, 1.54) is 0 Å². The molecule has 1 aromatic carbocycles. The molecular formula is C20H25N3O3S2. The molecule has 1 aliphatic carbocycles. The van der Waals surface area contributed by atoms with E-state index < -0.39 is 10.0 Å². The van der Waals surface area contributed by atoms with Crippen LogP contribution in [-0.4, -0.2) is 36.7 Å². The van der Waals surface area contributed by atoms with Crippen LogP contribution in [0.5, 0.6) is 0 Å². The first-order valence-corrected chi connectivity index (χ1v) is 12.0. The molecule has 0 unspecified atom stereocenters. The first kappa shape index (κ1) is 19.5. The topological polar surface area (TPSA) is 79.4 Å². The van der Waals surface area contributed by atoms with Crippen LogP contribution < -0.4 is 5.32 Å². The van der Waals surface area contributed by atoms with E-state index in [0.29, 0.717) is 24.5 Å². The lowest BCUT2D eigenvalue weighted by Crippen LogP contribution is -2.37. The average molecular weight is 420 g/mol.